The zero-order chi connectivity index (χ0) is 11.9. The van der Waals surface area contributed by atoms with Crippen LogP contribution >= 0.6 is 0 Å². The molecule has 1 aromatic rings. The molecular formula is C15H23NO. The van der Waals surface area contributed by atoms with Crippen molar-refractivity contribution < 1.29 is 4.84 Å². The topological polar surface area (TPSA) is 21.3 Å². The Morgan fingerprint density at radius 3 is 2.65 bits per heavy atom. The van der Waals surface area contributed by atoms with Crippen LogP contribution in [0.4, 0.5) is 0 Å². The molecule has 0 saturated heterocycles. The fourth-order valence-corrected chi connectivity index (χ4v) is 2.41. The van der Waals surface area contributed by atoms with Crippen molar-refractivity contribution in [2.45, 2.75) is 51.0 Å². The first-order valence-electron chi connectivity index (χ1n) is 6.79. The third kappa shape index (κ3) is 4.14. The number of rotatable bonds is 6. The largest absolute Gasteiger partial charge is 0.299 e. The quantitative estimate of drug-likeness (QED) is 0.598. The van der Waals surface area contributed by atoms with Crippen molar-refractivity contribution in [3.05, 3.63) is 35.9 Å². The summed E-state index contributed by atoms with van der Waals surface area (Å²) in [5.41, 5.74) is 4.54. The van der Waals surface area contributed by atoms with E-state index in [4.69, 9.17) is 4.84 Å². The van der Waals surface area contributed by atoms with E-state index in [9.17, 15) is 0 Å². The van der Waals surface area contributed by atoms with Gasteiger partial charge in [0.15, 0.2) is 0 Å². The predicted octanol–water partition coefficient (Wildman–Crippen LogP) is 3.64. The second-order valence-corrected chi connectivity index (χ2v) is 5.02. The van der Waals surface area contributed by atoms with Gasteiger partial charge in [0.05, 0.1) is 6.10 Å². The number of hydrogen-bond acceptors (Lipinski definition) is 2. The Morgan fingerprint density at radius 2 is 1.94 bits per heavy atom. The van der Waals surface area contributed by atoms with Crippen LogP contribution in [0.1, 0.15) is 50.5 Å². The fourth-order valence-electron chi connectivity index (χ4n) is 2.41. The minimum absolute atomic E-state index is 0.460. The molecule has 17 heavy (non-hydrogen) atoms. The van der Waals surface area contributed by atoms with Crippen molar-refractivity contribution >= 4 is 0 Å². The van der Waals surface area contributed by atoms with Crippen LogP contribution in [-0.2, 0) is 4.84 Å². The van der Waals surface area contributed by atoms with Gasteiger partial charge in [-0.05, 0) is 30.7 Å². The van der Waals surface area contributed by atoms with Crippen LogP contribution in [0.2, 0.25) is 0 Å². The lowest BCUT2D eigenvalue weighted by atomic mass is 9.98. The molecule has 1 aromatic carbocycles. The number of hydroxylamine groups is 1. The lowest BCUT2D eigenvalue weighted by Crippen LogP contribution is -2.23. The second kappa shape index (κ2) is 6.77. The van der Waals surface area contributed by atoms with Gasteiger partial charge in [-0.25, -0.2) is 5.48 Å². The molecule has 2 rings (SSSR count). The summed E-state index contributed by atoms with van der Waals surface area (Å²) in [6, 6.07) is 10.7. The van der Waals surface area contributed by atoms with Crippen LogP contribution in [-0.4, -0.2) is 12.6 Å². The van der Waals surface area contributed by atoms with Gasteiger partial charge >= 0.3 is 0 Å². The van der Waals surface area contributed by atoms with E-state index in [1.54, 1.807) is 0 Å². The Morgan fingerprint density at radius 1 is 1.24 bits per heavy atom. The van der Waals surface area contributed by atoms with Crippen molar-refractivity contribution in [1.29, 1.82) is 0 Å². The predicted molar refractivity (Wildman–Crippen MR) is 70.8 cm³/mol. The maximum absolute atomic E-state index is 5.64. The molecule has 0 aromatic heterocycles. The molecule has 1 saturated carbocycles. The standard InChI is InChI=1S/C15H23NO/c1-13(14-7-3-2-4-8-14)11-12-16-17-15-9-5-6-10-15/h2-4,7-8,13,15-16H,5-6,9-12H2,1H3. The van der Waals surface area contributed by atoms with Crippen LogP contribution in [0.3, 0.4) is 0 Å². The van der Waals surface area contributed by atoms with Crippen molar-refractivity contribution in [3.8, 4) is 0 Å². The summed E-state index contributed by atoms with van der Waals surface area (Å²) in [5.74, 6) is 0.593. The van der Waals surface area contributed by atoms with Gasteiger partial charge in [0.25, 0.3) is 0 Å². The average Bonchev–Trinajstić information content (AvgIpc) is 2.88. The van der Waals surface area contributed by atoms with E-state index >= 15 is 0 Å². The normalized spacial score (nSPS) is 18.4. The summed E-state index contributed by atoms with van der Waals surface area (Å²) >= 11 is 0. The monoisotopic (exact) mass is 233 g/mol. The highest BCUT2D eigenvalue weighted by Crippen LogP contribution is 2.20. The Balaban J connectivity index is 1.61. The first-order valence-corrected chi connectivity index (χ1v) is 6.79. The summed E-state index contributed by atoms with van der Waals surface area (Å²) in [5, 5.41) is 0. The van der Waals surface area contributed by atoms with Crippen molar-refractivity contribution in [1.82, 2.24) is 5.48 Å². The average molecular weight is 233 g/mol. The van der Waals surface area contributed by atoms with Gasteiger partial charge in [-0.15, -0.1) is 0 Å². The maximum atomic E-state index is 5.64. The lowest BCUT2D eigenvalue weighted by Gasteiger charge is -2.14. The minimum Gasteiger partial charge on any atom is -0.299 e. The number of benzene rings is 1. The Bertz CT molecular complexity index is 306. The van der Waals surface area contributed by atoms with Gasteiger partial charge in [0.1, 0.15) is 0 Å². The van der Waals surface area contributed by atoms with Crippen molar-refractivity contribution in [3.63, 3.8) is 0 Å². The molecule has 2 heteroatoms. The highest BCUT2D eigenvalue weighted by atomic mass is 16.7. The molecule has 0 spiro atoms. The highest BCUT2D eigenvalue weighted by Gasteiger charge is 2.15. The Kier molecular flexibility index (Phi) is 5.02. The van der Waals surface area contributed by atoms with E-state index in [0.717, 1.165) is 13.0 Å². The van der Waals surface area contributed by atoms with Crippen LogP contribution < -0.4 is 5.48 Å². The van der Waals surface area contributed by atoms with Gasteiger partial charge < -0.3 is 0 Å². The van der Waals surface area contributed by atoms with E-state index in [1.807, 2.05) is 0 Å². The SMILES string of the molecule is CC(CCNOC1CCCC1)c1ccccc1. The van der Waals surface area contributed by atoms with Crippen LogP contribution in [0.15, 0.2) is 30.3 Å². The summed E-state index contributed by atoms with van der Waals surface area (Å²) in [6.07, 6.45) is 6.68. The minimum atomic E-state index is 0.460. The zero-order valence-electron chi connectivity index (χ0n) is 10.7. The molecule has 0 aliphatic heterocycles. The first-order chi connectivity index (χ1) is 8.36. The molecular weight excluding hydrogens is 210 g/mol. The van der Waals surface area contributed by atoms with Crippen molar-refractivity contribution in [2.75, 3.05) is 6.54 Å². The molecule has 0 amide bonds. The molecule has 1 N–H and O–H groups in total. The van der Waals surface area contributed by atoms with E-state index in [0.29, 0.717) is 12.0 Å². The van der Waals surface area contributed by atoms with Gasteiger partial charge in [0, 0.05) is 6.54 Å². The molecule has 2 nitrogen and oxygen atoms in total. The van der Waals surface area contributed by atoms with E-state index in [-0.39, 0.29) is 0 Å². The third-order valence-electron chi connectivity index (χ3n) is 3.60. The maximum Gasteiger partial charge on any atom is 0.0790 e. The van der Waals surface area contributed by atoms with Gasteiger partial charge in [-0.2, -0.15) is 0 Å². The molecule has 0 radical (unpaired) electrons. The Hall–Kier alpha value is -0.860. The van der Waals surface area contributed by atoms with E-state index in [1.165, 1.54) is 31.2 Å². The Labute approximate surface area is 104 Å². The summed E-state index contributed by atoms with van der Waals surface area (Å²) in [6.45, 7) is 3.21. The number of nitrogens with one attached hydrogen (secondary N) is 1. The molecule has 94 valence electrons. The van der Waals surface area contributed by atoms with Crippen LogP contribution in [0.25, 0.3) is 0 Å². The highest BCUT2D eigenvalue weighted by molar-refractivity contribution is 5.18. The smallest absolute Gasteiger partial charge is 0.0790 e. The van der Waals surface area contributed by atoms with Crippen LogP contribution in [0.5, 0.6) is 0 Å². The summed E-state index contributed by atoms with van der Waals surface area (Å²) in [4.78, 5) is 5.64. The number of hydrogen-bond donors (Lipinski definition) is 1. The lowest BCUT2D eigenvalue weighted by molar-refractivity contribution is -0.0213. The van der Waals surface area contributed by atoms with Gasteiger partial charge in [0.2, 0.25) is 0 Å². The van der Waals surface area contributed by atoms with Gasteiger partial charge in [-0.3, -0.25) is 4.84 Å². The van der Waals surface area contributed by atoms with E-state index in [2.05, 4.69) is 42.7 Å². The van der Waals surface area contributed by atoms with Crippen molar-refractivity contribution in [2.24, 2.45) is 0 Å². The zero-order valence-corrected chi connectivity index (χ0v) is 10.7. The molecule has 1 atom stereocenters. The van der Waals surface area contributed by atoms with Gasteiger partial charge in [-0.1, -0.05) is 50.1 Å². The second-order valence-electron chi connectivity index (χ2n) is 5.02. The molecule has 1 aliphatic rings. The summed E-state index contributed by atoms with van der Waals surface area (Å²) in [7, 11) is 0. The molecule has 0 heterocycles. The fraction of sp³-hybridized carbons (Fsp3) is 0.600. The molecule has 0 bridgehead atoms. The van der Waals surface area contributed by atoms with E-state index < -0.39 is 0 Å². The third-order valence-corrected chi connectivity index (χ3v) is 3.60. The molecule has 1 fully saturated rings. The summed E-state index contributed by atoms with van der Waals surface area (Å²) < 4.78 is 0. The van der Waals surface area contributed by atoms with Crippen LogP contribution in [0, 0.1) is 0 Å². The molecule has 1 aliphatic carbocycles. The molecule has 1 unspecified atom stereocenters. The first kappa shape index (κ1) is 12.6.